The summed E-state index contributed by atoms with van der Waals surface area (Å²) in [6.07, 6.45) is 1.48. The number of carboxylic acid groups (broad SMARTS) is 2. The van der Waals surface area contributed by atoms with E-state index < -0.39 is 17.9 Å². The Morgan fingerprint density at radius 3 is 2.67 bits per heavy atom. The Morgan fingerprint density at radius 1 is 1.50 bits per heavy atom. The molecule has 0 fully saturated rings. The maximum atomic E-state index is 10.8. The molecule has 0 aliphatic carbocycles. The Kier molecular flexibility index (Phi) is 4.91. The number of halogens is 1. The molecule has 0 aliphatic heterocycles. The molecule has 1 aromatic rings. The van der Waals surface area contributed by atoms with Crippen molar-refractivity contribution < 1.29 is 19.8 Å². The van der Waals surface area contributed by atoms with Crippen LogP contribution in [0.3, 0.4) is 0 Å². The molecular formula is C11H13ClN2O4. The zero-order valence-corrected chi connectivity index (χ0v) is 10.5. The number of rotatable bonds is 6. The van der Waals surface area contributed by atoms with Crippen molar-refractivity contribution in [3.05, 3.63) is 23.5 Å². The second-order valence-electron chi connectivity index (χ2n) is 3.83. The minimum absolute atomic E-state index is 0.0487. The third kappa shape index (κ3) is 3.89. The van der Waals surface area contributed by atoms with Crippen LogP contribution in [0.4, 0.5) is 5.69 Å². The van der Waals surface area contributed by atoms with E-state index in [-0.39, 0.29) is 18.2 Å². The number of carbonyl (C=O) groups is 2. The first kappa shape index (κ1) is 14.2. The molecule has 2 N–H and O–H groups in total. The van der Waals surface area contributed by atoms with Crippen molar-refractivity contribution in [3.63, 3.8) is 0 Å². The summed E-state index contributed by atoms with van der Waals surface area (Å²) in [6.45, 7) is 1.22. The van der Waals surface area contributed by atoms with Crippen molar-refractivity contribution >= 4 is 29.2 Å². The molecule has 1 aromatic heterocycles. The zero-order valence-electron chi connectivity index (χ0n) is 9.71. The number of aliphatic carboxylic acids is 2. The number of hydrogen-bond acceptors (Lipinski definition) is 4. The number of anilines is 1. The minimum atomic E-state index is -1.06. The van der Waals surface area contributed by atoms with Gasteiger partial charge in [0.05, 0.1) is 11.6 Å². The fourth-order valence-corrected chi connectivity index (χ4v) is 1.67. The number of carboxylic acids is 2. The SMILES string of the molecule is CC(CN(CC(=O)O)c1cccnc1Cl)C(=O)O. The summed E-state index contributed by atoms with van der Waals surface area (Å²) in [5.74, 6) is -2.77. The first-order valence-electron chi connectivity index (χ1n) is 5.22. The third-order valence-electron chi connectivity index (χ3n) is 2.32. The van der Waals surface area contributed by atoms with Gasteiger partial charge in [0.2, 0.25) is 0 Å². The summed E-state index contributed by atoms with van der Waals surface area (Å²) in [6, 6.07) is 3.22. The van der Waals surface area contributed by atoms with Crippen molar-refractivity contribution in [2.24, 2.45) is 5.92 Å². The lowest BCUT2D eigenvalue weighted by molar-refractivity contribution is -0.141. The molecule has 0 saturated carbocycles. The van der Waals surface area contributed by atoms with Crippen LogP contribution in [-0.2, 0) is 9.59 Å². The van der Waals surface area contributed by atoms with Crippen LogP contribution in [0.15, 0.2) is 18.3 Å². The molecule has 0 spiro atoms. The van der Waals surface area contributed by atoms with E-state index in [1.54, 1.807) is 12.1 Å². The first-order chi connectivity index (χ1) is 8.41. The predicted molar refractivity (Wildman–Crippen MR) is 65.9 cm³/mol. The van der Waals surface area contributed by atoms with Gasteiger partial charge in [-0.15, -0.1) is 0 Å². The second-order valence-corrected chi connectivity index (χ2v) is 4.18. The quantitative estimate of drug-likeness (QED) is 0.760. The van der Waals surface area contributed by atoms with E-state index in [0.717, 1.165) is 0 Å². The van der Waals surface area contributed by atoms with Crippen molar-refractivity contribution in [1.82, 2.24) is 4.98 Å². The van der Waals surface area contributed by atoms with E-state index >= 15 is 0 Å². The standard InChI is InChI=1S/C11H13ClN2O4/c1-7(11(17)18)5-14(6-9(15)16)8-3-2-4-13-10(8)12/h2-4,7H,5-6H2,1H3,(H,15,16)(H,17,18). The monoisotopic (exact) mass is 272 g/mol. The summed E-state index contributed by atoms with van der Waals surface area (Å²) in [7, 11) is 0. The highest BCUT2D eigenvalue weighted by molar-refractivity contribution is 6.32. The third-order valence-corrected chi connectivity index (χ3v) is 2.61. The van der Waals surface area contributed by atoms with Crippen molar-refractivity contribution in [3.8, 4) is 0 Å². The number of nitrogens with zero attached hydrogens (tertiary/aromatic N) is 2. The Balaban J connectivity index is 2.95. The van der Waals surface area contributed by atoms with Gasteiger partial charge in [-0.1, -0.05) is 18.5 Å². The molecule has 0 radical (unpaired) electrons. The Labute approximate surface area is 109 Å². The van der Waals surface area contributed by atoms with Crippen LogP contribution in [-0.4, -0.2) is 40.2 Å². The summed E-state index contributed by atoms with van der Waals surface area (Å²) < 4.78 is 0. The highest BCUT2D eigenvalue weighted by Crippen LogP contribution is 2.23. The molecule has 18 heavy (non-hydrogen) atoms. The van der Waals surface area contributed by atoms with Gasteiger partial charge in [-0.05, 0) is 12.1 Å². The summed E-state index contributed by atoms with van der Waals surface area (Å²) in [5, 5.41) is 17.8. The molecule has 0 aliphatic rings. The fraction of sp³-hybridized carbons (Fsp3) is 0.364. The van der Waals surface area contributed by atoms with E-state index in [2.05, 4.69) is 4.98 Å². The molecule has 0 bridgehead atoms. The van der Waals surface area contributed by atoms with E-state index in [1.165, 1.54) is 18.0 Å². The van der Waals surface area contributed by atoms with E-state index in [4.69, 9.17) is 21.8 Å². The fourth-order valence-electron chi connectivity index (χ4n) is 1.43. The van der Waals surface area contributed by atoms with Gasteiger partial charge in [0.1, 0.15) is 6.54 Å². The van der Waals surface area contributed by atoms with Crippen molar-refractivity contribution in [2.75, 3.05) is 18.0 Å². The van der Waals surface area contributed by atoms with E-state index in [9.17, 15) is 9.59 Å². The van der Waals surface area contributed by atoms with Gasteiger partial charge in [0, 0.05) is 12.7 Å². The van der Waals surface area contributed by atoms with Gasteiger partial charge in [0.15, 0.2) is 5.15 Å². The molecule has 1 rings (SSSR count). The Hall–Kier alpha value is -1.82. The van der Waals surface area contributed by atoms with Crippen LogP contribution in [0.25, 0.3) is 0 Å². The van der Waals surface area contributed by atoms with Gasteiger partial charge in [-0.3, -0.25) is 9.59 Å². The van der Waals surface area contributed by atoms with Gasteiger partial charge < -0.3 is 15.1 Å². The maximum Gasteiger partial charge on any atom is 0.323 e. The van der Waals surface area contributed by atoms with Crippen LogP contribution in [0.2, 0.25) is 5.15 Å². The molecule has 0 amide bonds. The number of pyridine rings is 1. The van der Waals surface area contributed by atoms with Crippen molar-refractivity contribution in [2.45, 2.75) is 6.92 Å². The summed E-state index contributed by atoms with van der Waals surface area (Å²) in [5.41, 5.74) is 0.412. The minimum Gasteiger partial charge on any atom is -0.481 e. The van der Waals surface area contributed by atoms with Gasteiger partial charge in [-0.2, -0.15) is 0 Å². The van der Waals surface area contributed by atoms with Gasteiger partial charge in [0.25, 0.3) is 0 Å². The molecule has 0 aromatic carbocycles. The number of aromatic nitrogens is 1. The molecular weight excluding hydrogens is 260 g/mol. The van der Waals surface area contributed by atoms with Crippen LogP contribution in [0.5, 0.6) is 0 Å². The molecule has 1 heterocycles. The Bertz CT molecular complexity index is 452. The van der Waals surface area contributed by atoms with Crippen LogP contribution in [0, 0.1) is 5.92 Å². The summed E-state index contributed by atoms with van der Waals surface area (Å²) in [4.78, 5) is 26.8. The second kappa shape index (κ2) is 6.20. The normalized spacial score (nSPS) is 11.9. The van der Waals surface area contributed by atoms with E-state index in [0.29, 0.717) is 5.69 Å². The topological polar surface area (TPSA) is 90.7 Å². The lowest BCUT2D eigenvalue weighted by Crippen LogP contribution is -2.36. The first-order valence-corrected chi connectivity index (χ1v) is 5.59. The molecule has 1 unspecified atom stereocenters. The summed E-state index contributed by atoms with van der Waals surface area (Å²) >= 11 is 5.87. The molecule has 1 atom stereocenters. The molecule has 0 saturated heterocycles. The highest BCUT2D eigenvalue weighted by atomic mass is 35.5. The molecule has 98 valence electrons. The van der Waals surface area contributed by atoms with Crippen LogP contribution < -0.4 is 4.90 Å². The number of hydrogen-bond donors (Lipinski definition) is 2. The highest BCUT2D eigenvalue weighted by Gasteiger charge is 2.20. The lowest BCUT2D eigenvalue weighted by Gasteiger charge is -2.25. The van der Waals surface area contributed by atoms with Crippen LogP contribution >= 0.6 is 11.6 Å². The van der Waals surface area contributed by atoms with Crippen molar-refractivity contribution in [1.29, 1.82) is 0 Å². The molecule has 6 nitrogen and oxygen atoms in total. The smallest absolute Gasteiger partial charge is 0.323 e. The predicted octanol–water partition coefficient (Wildman–Crippen LogP) is 1.35. The largest absolute Gasteiger partial charge is 0.481 e. The van der Waals surface area contributed by atoms with Gasteiger partial charge >= 0.3 is 11.9 Å². The molecule has 7 heteroatoms. The van der Waals surface area contributed by atoms with Crippen LogP contribution in [0.1, 0.15) is 6.92 Å². The van der Waals surface area contributed by atoms with E-state index in [1.807, 2.05) is 0 Å². The van der Waals surface area contributed by atoms with Gasteiger partial charge in [-0.25, -0.2) is 4.98 Å². The lowest BCUT2D eigenvalue weighted by atomic mass is 10.1. The average Bonchev–Trinajstić information content (AvgIpc) is 2.28. The zero-order chi connectivity index (χ0) is 13.7. The maximum absolute atomic E-state index is 10.8. The average molecular weight is 273 g/mol. The Morgan fingerprint density at radius 2 is 2.17 bits per heavy atom.